The molecule has 448 valence electrons. The van der Waals surface area contributed by atoms with Crippen molar-refractivity contribution < 1.29 is 81.3 Å². The summed E-state index contributed by atoms with van der Waals surface area (Å²) in [4.78, 5) is 0. The van der Waals surface area contributed by atoms with E-state index >= 15 is 0 Å². The molecular formula is C66H71BrN2O16. The van der Waals surface area contributed by atoms with Crippen LogP contribution in [-0.2, 0) is 25.4 Å². The number of rotatable bonds is 12. The number of nitrogens with one attached hydrogen (secondary N) is 1. The lowest BCUT2D eigenvalue weighted by Gasteiger charge is -2.30. The van der Waals surface area contributed by atoms with Crippen LogP contribution in [0.15, 0.2) is 217 Å². The molecule has 0 aliphatic heterocycles. The monoisotopic (exact) mass is 1230 g/mol. The molecule has 9 aromatic rings. The molecule has 9 aromatic carbocycles. The van der Waals surface area contributed by atoms with Gasteiger partial charge in [0.05, 0.1) is 45.2 Å². The number of aliphatic hydroxyl groups excluding tert-OH is 6. The summed E-state index contributed by atoms with van der Waals surface area (Å²) in [5.41, 5.74) is 4.69. The number of benzene rings is 9. The standard InChI is InChI=1S/C19H16O2.C9H13NO2.C8H7NO2.C8H10O3.C8H10O2.C7H7BrO2.C7H8O3/c20-18-13-11-17(12-14-18)19(21,15-7-3-1-4-8-15)16-9-5-2-6-10-16;1-10-6-9(12)7-2-4-8(11)5-3-7;9-5-8(11)6-1-3-7(10)4-2-6;1-11-7-4-2-3-6(5-9)8(7)10;1-6(9)7-3-2-4-8(10)5-7;8-6-1-2-7(10)5(3-6)4-9;8-4-5-1-2-6(9)7(10)3-5/h1-14,20-21H;2-5,9-12H,6H2,1H3;1-4,8,10-11H;2-4,9-10H,5H2,1H3;2-6,9-10H,1H3;1-3,9-10H,4H2;1-3,8-10H,4H2. The Kier molecular flexibility index (Phi) is 30.6. The third kappa shape index (κ3) is 23.5. The maximum Gasteiger partial charge on any atom is 0.165 e. The number of hydrogen-bond donors (Lipinski definition) is 16. The van der Waals surface area contributed by atoms with E-state index in [1.54, 1.807) is 123 Å². The van der Waals surface area contributed by atoms with Gasteiger partial charge in [-0.1, -0.05) is 143 Å². The van der Waals surface area contributed by atoms with E-state index in [1.807, 2.05) is 60.7 Å². The van der Waals surface area contributed by atoms with Gasteiger partial charge >= 0.3 is 0 Å². The number of nitrogens with zero attached hydrogens (tertiary/aromatic N) is 1. The van der Waals surface area contributed by atoms with Crippen LogP contribution < -0.4 is 10.1 Å². The summed E-state index contributed by atoms with van der Waals surface area (Å²) in [6, 6.07) is 60.5. The van der Waals surface area contributed by atoms with Gasteiger partial charge in [0, 0.05) is 22.1 Å². The van der Waals surface area contributed by atoms with Crippen molar-refractivity contribution in [1.29, 1.82) is 5.26 Å². The Morgan fingerprint density at radius 1 is 0.494 bits per heavy atom. The zero-order valence-corrected chi connectivity index (χ0v) is 48.3. The number of halogens is 1. The second-order valence-corrected chi connectivity index (χ2v) is 19.0. The van der Waals surface area contributed by atoms with Crippen molar-refractivity contribution in [3.63, 3.8) is 0 Å². The summed E-state index contributed by atoms with van der Waals surface area (Å²) in [6.45, 7) is 1.74. The van der Waals surface area contributed by atoms with Crippen molar-refractivity contribution in [3.8, 4) is 57.8 Å². The first-order chi connectivity index (χ1) is 40.6. The number of phenolic OH excluding ortho intramolecular Hbond substituents is 6. The summed E-state index contributed by atoms with van der Waals surface area (Å²) in [6.07, 6.45) is -2.11. The van der Waals surface area contributed by atoms with E-state index in [1.165, 1.54) is 55.6 Å². The number of para-hydroxylation sites is 1. The lowest BCUT2D eigenvalue weighted by molar-refractivity contribution is 0.125. The summed E-state index contributed by atoms with van der Waals surface area (Å²) in [5, 5.41) is 148. The fourth-order valence-corrected chi connectivity index (χ4v) is 7.70. The Hall–Kier alpha value is -9.17. The third-order valence-electron chi connectivity index (χ3n) is 11.9. The van der Waals surface area contributed by atoms with Gasteiger partial charge in [-0.25, -0.2) is 0 Å². The Balaban J connectivity index is 0.000000266. The van der Waals surface area contributed by atoms with Crippen molar-refractivity contribution in [2.45, 2.75) is 50.7 Å². The van der Waals surface area contributed by atoms with Crippen LogP contribution in [0.25, 0.3) is 0 Å². The van der Waals surface area contributed by atoms with Crippen LogP contribution in [0.3, 0.4) is 0 Å². The highest BCUT2D eigenvalue weighted by atomic mass is 79.9. The van der Waals surface area contributed by atoms with Gasteiger partial charge in [0.2, 0.25) is 0 Å². The average molecular weight is 1230 g/mol. The molecule has 3 unspecified atom stereocenters. The molecule has 16 N–H and O–H groups in total. The van der Waals surface area contributed by atoms with Gasteiger partial charge < -0.3 is 86.7 Å². The highest BCUT2D eigenvalue weighted by Gasteiger charge is 2.33. The van der Waals surface area contributed by atoms with Crippen molar-refractivity contribution in [1.82, 2.24) is 5.32 Å². The van der Waals surface area contributed by atoms with Gasteiger partial charge in [-0.2, -0.15) is 5.26 Å². The topological polar surface area (TPSA) is 349 Å². The number of nitriles is 1. The largest absolute Gasteiger partial charge is 0.508 e. The molecule has 85 heavy (non-hydrogen) atoms. The number of aromatic hydroxyl groups is 8. The molecule has 0 bridgehead atoms. The van der Waals surface area contributed by atoms with Crippen molar-refractivity contribution in [2.75, 3.05) is 20.7 Å². The zero-order valence-electron chi connectivity index (χ0n) is 46.7. The summed E-state index contributed by atoms with van der Waals surface area (Å²) < 4.78 is 5.68. The highest BCUT2D eigenvalue weighted by Crippen LogP contribution is 2.37. The average Bonchev–Trinajstić information content (AvgIpc) is 3.17. The van der Waals surface area contributed by atoms with Crippen LogP contribution in [0.5, 0.6) is 51.7 Å². The Bertz CT molecular complexity index is 3310. The first-order valence-corrected chi connectivity index (χ1v) is 26.7. The van der Waals surface area contributed by atoms with Crippen molar-refractivity contribution in [3.05, 3.63) is 267 Å². The Labute approximate surface area is 501 Å². The minimum Gasteiger partial charge on any atom is -0.508 e. The molecular weight excluding hydrogens is 1160 g/mol. The Morgan fingerprint density at radius 3 is 1.42 bits per heavy atom. The van der Waals surface area contributed by atoms with Crippen LogP contribution in [-0.4, -0.2) is 97.3 Å². The number of methoxy groups -OCH3 is 1. The van der Waals surface area contributed by atoms with Gasteiger partial charge in [-0.3, -0.25) is 0 Å². The van der Waals surface area contributed by atoms with Gasteiger partial charge in [-0.15, -0.1) is 0 Å². The molecule has 0 aliphatic carbocycles. The zero-order chi connectivity index (χ0) is 62.9. The van der Waals surface area contributed by atoms with Gasteiger partial charge in [0.1, 0.15) is 34.3 Å². The smallest absolute Gasteiger partial charge is 0.165 e. The molecule has 0 aliphatic rings. The van der Waals surface area contributed by atoms with Crippen molar-refractivity contribution in [2.24, 2.45) is 0 Å². The second kappa shape index (κ2) is 37.1. The number of aliphatic hydroxyl groups is 7. The maximum atomic E-state index is 11.4. The van der Waals surface area contributed by atoms with Gasteiger partial charge in [0.15, 0.2) is 29.1 Å². The molecule has 0 spiro atoms. The highest BCUT2D eigenvalue weighted by molar-refractivity contribution is 9.10. The normalized spacial score (nSPS) is 11.2. The van der Waals surface area contributed by atoms with E-state index in [9.17, 15) is 20.4 Å². The van der Waals surface area contributed by atoms with Gasteiger partial charge in [0.25, 0.3) is 0 Å². The minimum absolute atomic E-state index is 0.0116. The van der Waals surface area contributed by atoms with E-state index < -0.39 is 23.9 Å². The lowest BCUT2D eigenvalue weighted by atomic mass is 9.80. The van der Waals surface area contributed by atoms with Crippen LogP contribution in [0.2, 0.25) is 0 Å². The van der Waals surface area contributed by atoms with Crippen molar-refractivity contribution >= 4 is 15.9 Å². The molecule has 0 saturated heterocycles. The maximum absolute atomic E-state index is 11.4. The molecule has 9 rings (SSSR count). The van der Waals surface area contributed by atoms with E-state index in [-0.39, 0.29) is 65.8 Å². The molecule has 3 atom stereocenters. The van der Waals surface area contributed by atoms with Gasteiger partial charge in [-0.05, 0) is 138 Å². The quantitative estimate of drug-likeness (QED) is 0.0307. The number of hydrogen-bond acceptors (Lipinski definition) is 18. The molecule has 0 amide bonds. The molecule has 0 fully saturated rings. The first-order valence-electron chi connectivity index (χ1n) is 25.9. The van der Waals surface area contributed by atoms with E-state index in [0.717, 1.165) is 32.3 Å². The lowest BCUT2D eigenvalue weighted by Crippen LogP contribution is -2.28. The SMILES string of the molecule is CC(O)c1cccc(O)c1.CNCC(O)c1ccc(O)cc1.COc1cccc(CO)c1O.N#CC(O)c1ccc(O)cc1.OCc1cc(Br)ccc1O.OCc1ccc(O)c(O)c1.Oc1ccc(C(O)(c2ccccc2)c2ccccc2)cc1. The first kappa shape index (κ1) is 70.1. The van der Waals surface area contributed by atoms with Crippen LogP contribution in [0.4, 0.5) is 0 Å². The molecule has 0 radical (unpaired) electrons. The number of ether oxygens (including phenoxy) is 1. The predicted octanol–water partition coefficient (Wildman–Crippen LogP) is 9.85. The fourth-order valence-electron chi connectivity index (χ4n) is 7.29. The Morgan fingerprint density at radius 2 is 0.988 bits per heavy atom. The molecule has 18 nitrogen and oxygen atoms in total. The van der Waals surface area contributed by atoms with Crippen LogP contribution >= 0.6 is 15.9 Å². The summed E-state index contributed by atoms with van der Waals surface area (Å²) in [5.74, 6) is 0.874. The minimum atomic E-state index is -1.24. The molecule has 0 aromatic heterocycles. The predicted molar refractivity (Wildman–Crippen MR) is 326 cm³/mol. The molecule has 0 heterocycles. The molecule has 19 heteroatoms. The summed E-state index contributed by atoms with van der Waals surface area (Å²) >= 11 is 3.21. The van der Waals surface area contributed by atoms with E-state index in [4.69, 9.17) is 66.2 Å². The molecule has 0 saturated carbocycles. The van der Waals surface area contributed by atoms with Crippen LogP contribution in [0.1, 0.15) is 75.3 Å². The third-order valence-corrected chi connectivity index (χ3v) is 12.4. The summed E-state index contributed by atoms with van der Waals surface area (Å²) in [7, 11) is 3.25. The van der Waals surface area contributed by atoms with Crippen LogP contribution in [0, 0.1) is 11.3 Å². The number of phenols is 8. The van der Waals surface area contributed by atoms with E-state index in [2.05, 4.69) is 21.2 Å². The number of likely N-dealkylation sites (N-methyl/N-ethyl adjacent to an activating group) is 1. The second-order valence-electron chi connectivity index (χ2n) is 18.1. The fraction of sp³-hybridized carbons (Fsp3) is 0.167. The van der Waals surface area contributed by atoms with E-state index in [0.29, 0.717) is 34.5 Å².